The summed E-state index contributed by atoms with van der Waals surface area (Å²) in [5.41, 5.74) is 8.48. The molecule has 2 N–H and O–H groups in total. The molecule has 1 aromatic heterocycles. The Labute approximate surface area is 102 Å². The molecule has 0 atom stereocenters. The van der Waals surface area contributed by atoms with Crippen molar-refractivity contribution < 1.29 is 0 Å². The van der Waals surface area contributed by atoms with Crippen LogP contribution in [-0.2, 0) is 13.0 Å². The minimum absolute atomic E-state index is 0.783. The van der Waals surface area contributed by atoms with Gasteiger partial charge in [0.05, 0.1) is 0 Å². The van der Waals surface area contributed by atoms with Crippen molar-refractivity contribution in [1.82, 2.24) is 4.57 Å². The molecule has 1 saturated carbocycles. The van der Waals surface area contributed by atoms with E-state index in [0.717, 1.165) is 25.3 Å². The second-order valence-corrected chi connectivity index (χ2v) is 5.14. The fourth-order valence-electron chi connectivity index (χ4n) is 2.53. The molecular weight excluding hydrogens is 208 g/mol. The van der Waals surface area contributed by atoms with Crippen molar-refractivity contribution in [1.29, 1.82) is 0 Å². The van der Waals surface area contributed by atoms with Crippen LogP contribution in [0, 0.1) is 5.92 Å². The zero-order valence-electron chi connectivity index (χ0n) is 10.2. The normalized spacial score (nSPS) is 15.6. The number of aromatic nitrogens is 1. The number of aryl methyl sites for hydroxylation is 1. The number of hydrogen-bond acceptors (Lipinski definition) is 1. The van der Waals surface area contributed by atoms with Crippen molar-refractivity contribution in [2.45, 2.75) is 32.2 Å². The zero-order valence-corrected chi connectivity index (χ0v) is 10.2. The summed E-state index contributed by atoms with van der Waals surface area (Å²) in [5.74, 6) is 0.919. The maximum absolute atomic E-state index is 5.63. The Balaban J connectivity index is 1.98. The highest BCUT2D eigenvalue weighted by molar-refractivity contribution is 5.81. The van der Waals surface area contributed by atoms with Crippen molar-refractivity contribution in [3.8, 4) is 0 Å². The molecule has 3 rings (SSSR count). The molecule has 2 aromatic rings. The van der Waals surface area contributed by atoms with Gasteiger partial charge >= 0.3 is 0 Å². The minimum Gasteiger partial charge on any atom is -0.344 e. The highest BCUT2D eigenvalue weighted by Crippen LogP contribution is 2.33. The third-order valence-electron chi connectivity index (χ3n) is 3.67. The maximum atomic E-state index is 5.63. The zero-order chi connectivity index (χ0) is 11.7. The highest BCUT2D eigenvalue weighted by atomic mass is 15.0. The summed E-state index contributed by atoms with van der Waals surface area (Å²) in [6.07, 6.45) is 5.00. The summed E-state index contributed by atoms with van der Waals surface area (Å²) in [7, 11) is 0. The van der Waals surface area contributed by atoms with Crippen LogP contribution in [0.2, 0.25) is 0 Å². The van der Waals surface area contributed by atoms with Gasteiger partial charge in [0.2, 0.25) is 0 Å². The first-order valence-electron chi connectivity index (χ1n) is 6.65. The smallest absolute Gasteiger partial charge is 0.0482 e. The third-order valence-corrected chi connectivity index (χ3v) is 3.67. The molecule has 0 bridgehead atoms. The average Bonchev–Trinajstić information content (AvgIpc) is 3.10. The summed E-state index contributed by atoms with van der Waals surface area (Å²) in [6.45, 7) is 1.98. The molecule has 0 unspecified atom stereocenters. The Kier molecular flexibility index (Phi) is 2.89. The molecule has 0 saturated heterocycles. The van der Waals surface area contributed by atoms with E-state index in [1.54, 1.807) is 0 Å². The number of nitrogens with zero attached hydrogens (tertiary/aromatic N) is 1. The van der Waals surface area contributed by atoms with E-state index in [9.17, 15) is 0 Å². The van der Waals surface area contributed by atoms with Gasteiger partial charge in [-0.1, -0.05) is 18.2 Å². The van der Waals surface area contributed by atoms with Gasteiger partial charge in [-0.05, 0) is 55.7 Å². The third kappa shape index (κ3) is 2.22. The van der Waals surface area contributed by atoms with E-state index in [-0.39, 0.29) is 0 Å². The van der Waals surface area contributed by atoms with Gasteiger partial charge in [0, 0.05) is 17.8 Å². The van der Waals surface area contributed by atoms with Gasteiger partial charge in [-0.3, -0.25) is 0 Å². The number of rotatable bonds is 5. The second-order valence-electron chi connectivity index (χ2n) is 5.14. The van der Waals surface area contributed by atoms with Gasteiger partial charge in [0.25, 0.3) is 0 Å². The summed E-state index contributed by atoms with van der Waals surface area (Å²) in [5, 5.41) is 1.38. The lowest BCUT2D eigenvalue weighted by molar-refractivity contribution is 0.612. The monoisotopic (exact) mass is 228 g/mol. The van der Waals surface area contributed by atoms with Crippen LogP contribution in [0.15, 0.2) is 30.3 Å². The Bertz CT molecular complexity index is 509. The van der Waals surface area contributed by atoms with Gasteiger partial charge in [-0.15, -0.1) is 0 Å². The van der Waals surface area contributed by atoms with E-state index in [0.29, 0.717) is 0 Å². The van der Waals surface area contributed by atoms with Crippen molar-refractivity contribution in [2.24, 2.45) is 11.7 Å². The molecular formula is C15H20N2. The Morgan fingerprint density at radius 2 is 2.06 bits per heavy atom. The van der Waals surface area contributed by atoms with Crippen LogP contribution in [0.5, 0.6) is 0 Å². The van der Waals surface area contributed by atoms with Crippen LogP contribution < -0.4 is 5.73 Å². The van der Waals surface area contributed by atoms with Gasteiger partial charge in [-0.2, -0.15) is 0 Å². The molecule has 2 nitrogen and oxygen atoms in total. The van der Waals surface area contributed by atoms with E-state index < -0.39 is 0 Å². The average molecular weight is 228 g/mol. The molecule has 1 aliphatic carbocycles. The van der Waals surface area contributed by atoms with Crippen LogP contribution in [-0.4, -0.2) is 11.1 Å². The molecule has 0 aliphatic heterocycles. The summed E-state index contributed by atoms with van der Waals surface area (Å²) in [4.78, 5) is 0. The first-order valence-corrected chi connectivity index (χ1v) is 6.65. The van der Waals surface area contributed by atoms with E-state index in [1.807, 2.05) is 0 Å². The van der Waals surface area contributed by atoms with E-state index in [4.69, 9.17) is 5.73 Å². The summed E-state index contributed by atoms with van der Waals surface area (Å²) in [6, 6.07) is 11.1. The van der Waals surface area contributed by atoms with Gasteiger partial charge < -0.3 is 10.3 Å². The Morgan fingerprint density at radius 1 is 1.24 bits per heavy atom. The highest BCUT2D eigenvalue weighted by Gasteiger charge is 2.23. The van der Waals surface area contributed by atoms with Gasteiger partial charge in [0.1, 0.15) is 0 Å². The quantitative estimate of drug-likeness (QED) is 0.838. The van der Waals surface area contributed by atoms with Gasteiger partial charge in [0.15, 0.2) is 0 Å². The lowest BCUT2D eigenvalue weighted by Gasteiger charge is -2.09. The first-order chi connectivity index (χ1) is 8.38. The van der Waals surface area contributed by atoms with Crippen LogP contribution in [0.1, 0.15) is 25.0 Å². The number of hydrogen-bond donors (Lipinski definition) is 1. The van der Waals surface area contributed by atoms with Crippen LogP contribution >= 0.6 is 0 Å². The second kappa shape index (κ2) is 4.53. The van der Waals surface area contributed by atoms with Gasteiger partial charge in [-0.25, -0.2) is 0 Å². The lowest BCUT2D eigenvalue weighted by atomic mass is 10.2. The summed E-state index contributed by atoms with van der Waals surface area (Å²) >= 11 is 0. The Morgan fingerprint density at radius 3 is 2.82 bits per heavy atom. The molecule has 1 aromatic carbocycles. The molecule has 1 aliphatic rings. The van der Waals surface area contributed by atoms with Crippen LogP contribution in [0.25, 0.3) is 10.9 Å². The first kappa shape index (κ1) is 10.8. The number of benzene rings is 1. The van der Waals surface area contributed by atoms with Crippen molar-refractivity contribution in [2.75, 3.05) is 6.54 Å². The molecule has 90 valence electrons. The Hall–Kier alpha value is -1.28. The fraction of sp³-hybridized carbons (Fsp3) is 0.467. The molecule has 0 spiro atoms. The molecule has 0 amide bonds. The number of fused-ring (bicyclic) bond motifs is 1. The molecule has 2 heteroatoms. The van der Waals surface area contributed by atoms with E-state index in [2.05, 4.69) is 34.9 Å². The maximum Gasteiger partial charge on any atom is 0.0482 e. The van der Waals surface area contributed by atoms with Crippen molar-refractivity contribution in [3.63, 3.8) is 0 Å². The minimum atomic E-state index is 0.783. The number of para-hydroxylation sites is 1. The summed E-state index contributed by atoms with van der Waals surface area (Å²) < 4.78 is 2.52. The van der Waals surface area contributed by atoms with E-state index in [1.165, 1.54) is 36.0 Å². The number of nitrogens with two attached hydrogens (primary N) is 1. The molecule has 1 fully saturated rings. The van der Waals surface area contributed by atoms with Crippen LogP contribution in [0.4, 0.5) is 0 Å². The largest absolute Gasteiger partial charge is 0.344 e. The van der Waals surface area contributed by atoms with Crippen molar-refractivity contribution >= 4 is 10.9 Å². The van der Waals surface area contributed by atoms with Crippen molar-refractivity contribution in [3.05, 3.63) is 36.0 Å². The lowest BCUT2D eigenvalue weighted by Crippen LogP contribution is -2.07. The van der Waals surface area contributed by atoms with E-state index >= 15 is 0 Å². The molecule has 1 heterocycles. The standard InChI is InChI=1S/C15H20N2/c16-9-3-5-14-10-13-4-1-2-6-15(13)17(14)11-12-7-8-12/h1-2,4,6,10,12H,3,5,7-9,11,16H2. The molecule has 0 radical (unpaired) electrons. The molecule has 17 heavy (non-hydrogen) atoms. The predicted octanol–water partition coefficient (Wildman–Crippen LogP) is 2.94. The SMILES string of the molecule is NCCCc1cc2ccccc2n1CC1CC1. The predicted molar refractivity (Wildman–Crippen MR) is 72.0 cm³/mol. The topological polar surface area (TPSA) is 30.9 Å². The fourth-order valence-corrected chi connectivity index (χ4v) is 2.53. The van der Waals surface area contributed by atoms with Crippen LogP contribution in [0.3, 0.4) is 0 Å².